The highest BCUT2D eigenvalue weighted by Crippen LogP contribution is 2.43. The highest BCUT2D eigenvalue weighted by molar-refractivity contribution is 6.34. The summed E-state index contributed by atoms with van der Waals surface area (Å²) in [7, 11) is 1.71. The van der Waals surface area contributed by atoms with Gasteiger partial charge in [-0.1, -0.05) is 23.2 Å². The number of aromatic nitrogens is 3. The fourth-order valence-corrected chi connectivity index (χ4v) is 2.76. The van der Waals surface area contributed by atoms with Crippen molar-refractivity contribution in [2.75, 3.05) is 0 Å². The van der Waals surface area contributed by atoms with E-state index in [1.54, 1.807) is 23.7 Å². The number of alkyl halides is 2. The lowest BCUT2D eigenvalue weighted by atomic mass is 10.3. The van der Waals surface area contributed by atoms with Crippen molar-refractivity contribution < 1.29 is 18.3 Å². The minimum atomic E-state index is -3.67. The van der Waals surface area contributed by atoms with E-state index in [1.165, 1.54) is 12.1 Å². The molecule has 5 nitrogen and oxygen atoms in total. The van der Waals surface area contributed by atoms with Crippen LogP contribution in [-0.4, -0.2) is 20.8 Å². The summed E-state index contributed by atoms with van der Waals surface area (Å²) in [6, 6.07) is 5.99. The molecule has 0 spiro atoms. The second-order valence-corrected chi connectivity index (χ2v) is 5.71. The molecule has 0 saturated carbocycles. The van der Waals surface area contributed by atoms with Crippen molar-refractivity contribution >= 4 is 34.2 Å². The fourth-order valence-electron chi connectivity index (χ4n) is 2.42. The van der Waals surface area contributed by atoms with Crippen LogP contribution in [0.5, 0.6) is 11.5 Å². The zero-order valence-corrected chi connectivity index (χ0v) is 13.0. The number of rotatable bonds is 1. The van der Waals surface area contributed by atoms with Gasteiger partial charge in [0, 0.05) is 19.2 Å². The van der Waals surface area contributed by atoms with E-state index in [9.17, 15) is 8.78 Å². The topological polar surface area (TPSA) is 49.2 Å². The van der Waals surface area contributed by atoms with Crippen molar-refractivity contribution in [3.8, 4) is 23.0 Å². The number of ether oxygens (including phenoxy) is 2. The van der Waals surface area contributed by atoms with Gasteiger partial charge >= 0.3 is 6.29 Å². The second-order valence-electron chi connectivity index (χ2n) is 4.91. The molecule has 1 aliphatic heterocycles. The highest BCUT2D eigenvalue weighted by atomic mass is 35.5. The molecule has 0 unspecified atom stereocenters. The van der Waals surface area contributed by atoms with Crippen LogP contribution in [0.1, 0.15) is 0 Å². The Kier molecular flexibility index (Phi) is 2.95. The van der Waals surface area contributed by atoms with E-state index < -0.39 is 6.29 Å². The smallest absolute Gasteiger partial charge is 0.395 e. The van der Waals surface area contributed by atoms with Crippen molar-refractivity contribution in [2.24, 2.45) is 7.05 Å². The van der Waals surface area contributed by atoms with Crippen molar-refractivity contribution in [1.29, 1.82) is 0 Å². The van der Waals surface area contributed by atoms with Crippen LogP contribution in [0.15, 0.2) is 24.3 Å². The molecule has 1 aromatic carbocycles. The van der Waals surface area contributed by atoms with E-state index in [-0.39, 0.29) is 16.7 Å². The molecule has 1 aliphatic rings. The van der Waals surface area contributed by atoms with Crippen LogP contribution in [-0.2, 0) is 7.05 Å². The van der Waals surface area contributed by atoms with Crippen molar-refractivity contribution in [3.63, 3.8) is 0 Å². The lowest BCUT2D eigenvalue weighted by Crippen LogP contribution is -2.25. The molecule has 0 aliphatic carbocycles. The lowest BCUT2D eigenvalue weighted by Gasteiger charge is -2.05. The normalized spacial score (nSPS) is 15.3. The minimum Gasteiger partial charge on any atom is -0.395 e. The molecule has 0 saturated heterocycles. The molecule has 23 heavy (non-hydrogen) atoms. The first-order valence-corrected chi connectivity index (χ1v) is 7.18. The van der Waals surface area contributed by atoms with Crippen LogP contribution in [0.2, 0.25) is 10.2 Å². The fraction of sp³-hybridized carbons (Fsp3) is 0.143. The maximum Gasteiger partial charge on any atom is 0.586 e. The van der Waals surface area contributed by atoms with Gasteiger partial charge in [0.1, 0.15) is 10.8 Å². The molecule has 0 fully saturated rings. The Morgan fingerprint density at radius 1 is 1.09 bits per heavy atom. The second kappa shape index (κ2) is 4.69. The Morgan fingerprint density at radius 2 is 1.78 bits per heavy atom. The predicted octanol–water partition coefficient (Wildman–Crippen LogP) is 4.26. The summed E-state index contributed by atoms with van der Waals surface area (Å²) >= 11 is 12.0. The molecule has 0 radical (unpaired) electrons. The van der Waals surface area contributed by atoms with Crippen molar-refractivity contribution in [3.05, 3.63) is 34.4 Å². The van der Waals surface area contributed by atoms with Gasteiger partial charge in [0.25, 0.3) is 0 Å². The van der Waals surface area contributed by atoms with Gasteiger partial charge in [0.05, 0.1) is 16.1 Å². The Hall–Kier alpha value is -2.12. The number of nitrogens with zero attached hydrogens (tertiary/aromatic N) is 3. The van der Waals surface area contributed by atoms with E-state index in [1.807, 2.05) is 0 Å². The van der Waals surface area contributed by atoms with E-state index in [0.29, 0.717) is 27.6 Å². The summed E-state index contributed by atoms with van der Waals surface area (Å²) in [6.07, 6.45) is -3.67. The molecule has 0 bridgehead atoms. The number of aryl methyl sites for hydroxylation is 1. The lowest BCUT2D eigenvalue weighted by molar-refractivity contribution is -0.286. The minimum absolute atomic E-state index is 0.0535. The summed E-state index contributed by atoms with van der Waals surface area (Å²) in [5, 5.41) is 0.643. The standard InChI is InChI=1S/C14H7Cl2F2N3O2/c1-21-8-5-10-9(22-14(17,18)23-10)4-7(8)19-13(21)12-6(15)2-3-11(16)20-12/h2-5H,1H3. The quantitative estimate of drug-likeness (QED) is 0.610. The number of fused-ring (bicyclic) bond motifs is 2. The Balaban J connectivity index is 1.92. The van der Waals surface area contributed by atoms with Gasteiger partial charge in [-0.3, -0.25) is 0 Å². The molecule has 0 amide bonds. The van der Waals surface area contributed by atoms with Crippen LogP contribution in [0, 0.1) is 0 Å². The van der Waals surface area contributed by atoms with Gasteiger partial charge in [0.15, 0.2) is 17.3 Å². The van der Waals surface area contributed by atoms with Crippen LogP contribution in [0.4, 0.5) is 8.78 Å². The summed E-state index contributed by atoms with van der Waals surface area (Å²) in [4.78, 5) is 8.56. The number of halogens is 4. The maximum atomic E-state index is 13.1. The monoisotopic (exact) mass is 357 g/mol. The maximum absolute atomic E-state index is 13.1. The molecule has 3 aromatic rings. The Bertz CT molecular complexity index is 959. The number of hydrogen-bond acceptors (Lipinski definition) is 4. The van der Waals surface area contributed by atoms with E-state index >= 15 is 0 Å². The van der Waals surface area contributed by atoms with Crippen LogP contribution >= 0.6 is 23.2 Å². The molecule has 0 atom stereocenters. The third kappa shape index (κ3) is 2.27. The number of imidazole rings is 1. The molecular formula is C14H7Cl2F2N3O2. The van der Waals surface area contributed by atoms with Gasteiger partial charge in [0.2, 0.25) is 0 Å². The Labute approximate surface area is 138 Å². The molecule has 2 aromatic heterocycles. The molecule has 4 rings (SSSR count). The zero-order valence-electron chi connectivity index (χ0n) is 11.5. The summed E-state index contributed by atoms with van der Waals surface area (Å²) in [5.74, 6) is 0.322. The number of benzene rings is 1. The zero-order chi connectivity index (χ0) is 16.4. The predicted molar refractivity (Wildman–Crippen MR) is 80.2 cm³/mol. The van der Waals surface area contributed by atoms with E-state index in [2.05, 4.69) is 19.4 Å². The average Bonchev–Trinajstić information content (AvgIpc) is 2.94. The van der Waals surface area contributed by atoms with Gasteiger partial charge in [-0.15, -0.1) is 8.78 Å². The van der Waals surface area contributed by atoms with Crippen molar-refractivity contribution in [2.45, 2.75) is 6.29 Å². The molecule has 0 N–H and O–H groups in total. The third-order valence-electron chi connectivity index (χ3n) is 3.43. The molecule has 3 heterocycles. The summed E-state index contributed by atoms with van der Waals surface area (Å²) < 4.78 is 36.8. The van der Waals surface area contributed by atoms with E-state index in [0.717, 1.165) is 0 Å². The molecule has 9 heteroatoms. The Morgan fingerprint density at radius 3 is 2.52 bits per heavy atom. The summed E-state index contributed by atoms with van der Waals surface area (Å²) in [5.41, 5.74) is 1.41. The van der Waals surface area contributed by atoms with Crippen LogP contribution in [0.3, 0.4) is 0 Å². The first-order chi connectivity index (χ1) is 10.8. The first kappa shape index (κ1) is 14.5. The average molecular weight is 358 g/mol. The third-order valence-corrected chi connectivity index (χ3v) is 3.94. The SMILES string of the molecule is Cn1c(-c2nc(Cl)ccc2Cl)nc2cc3c(cc21)OC(F)(F)O3. The summed E-state index contributed by atoms with van der Waals surface area (Å²) in [6.45, 7) is 0. The number of hydrogen-bond donors (Lipinski definition) is 0. The number of pyridine rings is 1. The van der Waals surface area contributed by atoms with E-state index in [4.69, 9.17) is 23.2 Å². The molecular weight excluding hydrogens is 351 g/mol. The van der Waals surface area contributed by atoms with Crippen molar-refractivity contribution in [1.82, 2.24) is 14.5 Å². The van der Waals surface area contributed by atoms with Crippen LogP contribution in [0.25, 0.3) is 22.6 Å². The van der Waals surface area contributed by atoms with Gasteiger partial charge in [-0.25, -0.2) is 9.97 Å². The molecule has 118 valence electrons. The highest BCUT2D eigenvalue weighted by Gasteiger charge is 2.43. The van der Waals surface area contributed by atoms with Gasteiger partial charge in [-0.05, 0) is 12.1 Å². The largest absolute Gasteiger partial charge is 0.586 e. The first-order valence-electron chi connectivity index (χ1n) is 6.43. The van der Waals surface area contributed by atoms with Gasteiger partial charge in [-0.2, -0.15) is 0 Å². The van der Waals surface area contributed by atoms with Crippen LogP contribution < -0.4 is 9.47 Å². The van der Waals surface area contributed by atoms with Gasteiger partial charge < -0.3 is 14.0 Å².